The van der Waals surface area contributed by atoms with E-state index in [1.54, 1.807) is 0 Å². The minimum absolute atomic E-state index is 0. The number of benzene rings is 1. The smallest absolute Gasteiger partial charge is 0.191 e. The summed E-state index contributed by atoms with van der Waals surface area (Å²) in [6.07, 6.45) is 0. The first-order chi connectivity index (χ1) is 13.3. The Kier molecular flexibility index (Phi) is 11.4. The number of hydrogen-bond donors (Lipinski definition) is 2. The number of nitrogens with zero attached hydrogens (tertiary/aromatic N) is 3. The molecule has 29 heavy (non-hydrogen) atoms. The van der Waals surface area contributed by atoms with E-state index >= 15 is 0 Å². The molecule has 2 N–H and O–H groups in total. The monoisotopic (exact) mass is 521 g/mol. The topological polar surface area (TPSA) is 52.1 Å². The molecule has 8 heteroatoms. The molecule has 1 unspecified atom stereocenters. The van der Waals surface area contributed by atoms with Crippen LogP contribution >= 0.6 is 24.0 Å². The van der Waals surface area contributed by atoms with E-state index < -0.39 is 0 Å². The SMILES string of the molecule is CCNC(=NCC(C)(C)N(C)C)NCC(c1ccc(F)cc1)N1CCOCC1.I. The maximum Gasteiger partial charge on any atom is 0.191 e. The van der Waals surface area contributed by atoms with E-state index in [4.69, 9.17) is 9.73 Å². The van der Waals surface area contributed by atoms with Crippen molar-refractivity contribution in [2.45, 2.75) is 32.4 Å². The van der Waals surface area contributed by atoms with Crippen molar-refractivity contribution < 1.29 is 9.13 Å². The average Bonchev–Trinajstić information content (AvgIpc) is 2.68. The first-order valence-electron chi connectivity index (χ1n) is 10.1. The van der Waals surface area contributed by atoms with Crippen LogP contribution in [0.1, 0.15) is 32.4 Å². The van der Waals surface area contributed by atoms with Crippen molar-refractivity contribution in [3.8, 4) is 0 Å². The van der Waals surface area contributed by atoms with Crippen LogP contribution < -0.4 is 10.6 Å². The largest absolute Gasteiger partial charge is 0.379 e. The zero-order chi connectivity index (χ0) is 20.6. The normalized spacial score (nSPS) is 17.0. The van der Waals surface area contributed by atoms with Gasteiger partial charge in [-0.1, -0.05) is 12.1 Å². The summed E-state index contributed by atoms with van der Waals surface area (Å²) in [5.41, 5.74) is 1.07. The Bertz CT molecular complexity index is 618. The van der Waals surface area contributed by atoms with Gasteiger partial charge in [-0.25, -0.2) is 4.39 Å². The minimum Gasteiger partial charge on any atom is -0.379 e. The molecule has 1 aliphatic rings. The van der Waals surface area contributed by atoms with Gasteiger partial charge in [0.1, 0.15) is 5.82 Å². The van der Waals surface area contributed by atoms with Crippen LogP contribution in [0.25, 0.3) is 0 Å². The van der Waals surface area contributed by atoms with E-state index in [-0.39, 0.29) is 41.4 Å². The summed E-state index contributed by atoms with van der Waals surface area (Å²) < 4.78 is 18.9. The van der Waals surface area contributed by atoms with Crippen LogP contribution in [0.2, 0.25) is 0 Å². The number of ether oxygens (including phenoxy) is 1. The Labute approximate surface area is 192 Å². The van der Waals surface area contributed by atoms with Gasteiger partial charge in [-0.05, 0) is 52.6 Å². The van der Waals surface area contributed by atoms with Gasteiger partial charge in [0, 0.05) is 31.7 Å². The van der Waals surface area contributed by atoms with Gasteiger partial charge in [0.2, 0.25) is 0 Å². The number of hydrogen-bond acceptors (Lipinski definition) is 4. The van der Waals surface area contributed by atoms with Gasteiger partial charge in [0.05, 0.1) is 25.8 Å². The Hall–Kier alpha value is -0.970. The molecule has 1 aromatic carbocycles. The lowest BCUT2D eigenvalue weighted by Crippen LogP contribution is -2.47. The van der Waals surface area contributed by atoms with Crippen LogP contribution in [-0.4, -0.2) is 81.3 Å². The van der Waals surface area contributed by atoms with Crippen LogP contribution in [0, 0.1) is 5.82 Å². The van der Waals surface area contributed by atoms with Crippen molar-refractivity contribution >= 4 is 29.9 Å². The molecule has 1 saturated heterocycles. The molecule has 0 amide bonds. The molecule has 166 valence electrons. The molecule has 2 rings (SSSR count). The van der Waals surface area contributed by atoms with Gasteiger partial charge in [0.15, 0.2) is 5.96 Å². The quantitative estimate of drug-likeness (QED) is 0.313. The molecule has 0 saturated carbocycles. The molecule has 1 fully saturated rings. The molecule has 1 atom stereocenters. The second-order valence-corrected chi connectivity index (χ2v) is 8.00. The number of guanidine groups is 1. The third kappa shape index (κ3) is 8.35. The Morgan fingerprint density at radius 2 is 1.83 bits per heavy atom. The number of rotatable bonds is 8. The molecular formula is C21H37FIN5O. The molecule has 0 aromatic heterocycles. The summed E-state index contributed by atoms with van der Waals surface area (Å²) in [7, 11) is 4.14. The van der Waals surface area contributed by atoms with Gasteiger partial charge < -0.3 is 20.3 Å². The first kappa shape index (κ1) is 26.1. The summed E-state index contributed by atoms with van der Waals surface area (Å²) in [4.78, 5) is 9.34. The van der Waals surface area contributed by atoms with Gasteiger partial charge in [-0.3, -0.25) is 9.89 Å². The van der Waals surface area contributed by atoms with Gasteiger partial charge in [0.25, 0.3) is 0 Å². The maximum absolute atomic E-state index is 13.4. The zero-order valence-electron chi connectivity index (χ0n) is 18.4. The molecule has 0 spiro atoms. The number of aliphatic imine (C=N–C) groups is 1. The highest BCUT2D eigenvalue weighted by Crippen LogP contribution is 2.21. The van der Waals surface area contributed by atoms with Gasteiger partial charge in [-0.15, -0.1) is 24.0 Å². The average molecular weight is 521 g/mol. The minimum atomic E-state index is -0.210. The first-order valence-corrected chi connectivity index (χ1v) is 10.1. The van der Waals surface area contributed by atoms with Crippen LogP contribution in [-0.2, 0) is 4.74 Å². The van der Waals surface area contributed by atoms with E-state index in [9.17, 15) is 4.39 Å². The lowest BCUT2D eigenvalue weighted by molar-refractivity contribution is 0.0170. The second kappa shape index (κ2) is 12.7. The van der Waals surface area contributed by atoms with Crippen molar-refractivity contribution in [3.05, 3.63) is 35.6 Å². The lowest BCUT2D eigenvalue weighted by atomic mass is 10.0. The molecule has 0 radical (unpaired) electrons. The van der Waals surface area contributed by atoms with Crippen molar-refractivity contribution in [3.63, 3.8) is 0 Å². The van der Waals surface area contributed by atoms with Crippen LogP contribution in [0.15, 0.2) is 29.3 Å². The van der Waals surface area contributed by atoms with E-state index in [1.807, 2.05) is 12.1 Å². The van der Waals surface area contributed by atoms with Crippen LogP contribution in [0.5, 0.6) is 0 Å². The van der Waals surface area contributed by atoms with E-state index in [0.29, 0.717) is 13.1 Å². The Morgan fingerprint density at radius 1 is 1.21 bits per heavy atom. The fraction of sp³-hybridized carbons (Fsp3) is 0.667. The summed E-state index contributed by atoms with van der Waals surface area (Å²) in [6, 6.07) is 6.94. The fourth-order valence-electron chi connectivity index (χ4n) is 2.98. The lowest BCUT2D eigenvalue weighted by Gasteiger charge is -2.35. The highest BCUT2D eigenvalue weighted by Gasteiger charge is 2.24. The summed E-state index contributed by atoms with van der Waals surface area (Å²) in [5.74, 6) is 0.594. The maximum atomic E-state index is 13.4. The number of nitrogens with one attached hydrogen (secondary N) is 2. The van der Waals surface area contributed by atoms with Crippen molar-refractivity contribution in [1.29, 1.82) is 0 Å². The zero-order valence-corrected chi connectivity index (χ0v) is 20.7. The number of likely N-dealkylation sites (N-methyl/N-ethyl adjacent to an activating group) is 1. The third-order valence-corrected chi connectivity index (χ3v) is 5.38. The van der Waals surface area contributed by atoms with E-state index in [2.05, 4.69) is 55.3 Å². The van der Waals surface area contributed by atoms with Crippen molar-refractivity contribution in [2.24, 2.45) is 4.99 Å². The fourth-order valence-corrected chi connectivity index (χ4v) is 2.98. The second-order valence-electron chi connectivity index (χ2n) is 8.00. The molecular weight excluding hydrogens is 484 g/mol. The molecule has 6 nitrogen and oxygen atoms in total. The molecule has 1 aliphatic heterocycles. The molecule has 1 aromatic rings. The Morgan fingerprint density at radius 3 is 2.38 bits per heavy atom. The van der Waals surface area contributed by atoms with Gasteiger partial charge >= 0.3 is 0 Å². The third-order valence-electron chi connectivity index (χ3n) is 5.38. The summed E-state index contributed by atoms with van der Waals surface area (Å²) in [5, 5.41) is 6.82. The summed E-state index contributed by atoms with van der Waals surface area (Å²) >= 11 is 0. The van der Waals surface area contributed by atoms with E-state index in [0.717, 1.165) is 44.4 Å². The highest BCUT2D eigenvalue weighted by molar-refractivity contribution is 14.0. The number of halogens is 2. The molecule has 1 heterocycles. The van der Waals surface area contributed by atoms with Crippen LogP contribution in [0.4, 0.5) is 4.39 Å². The van der Waals surface area contributed by atoms with Crippen LogP contribution in [0.3, 0.4) is 0 Å². The predicted molar refractivity (Wildman–Crippen MR) is 129 cm³/mol. The van der Waals surface area contributed by atoms with E-state index in [1.165, 1.54) is 12.1 Å². The Balaban J connectivity index is 0.00000420. The summed E-state index contributed by atoms with van der Waals surface area (Å²) in [6.45, 7) is 11.8. The standard InChI is InChI=1S/C21H36FN5O.HI/c1-6-23-20(25-16-21(2,3)26(4)5)24-15-19(27-11-13-28-14-12-27)17-7-9-18(22)10-8-17;/h7-10,19H,6,11-16H2,1-5H3,(H2,23,24,25);1H. The van der Waals surface area contributed by atoms with Gasteiger partial charge in [-0.2, -0.15) is 0 Å². The van der Waals surface area contributed by atoms with Crippen molar-refractivity contribution in [2.75, 3.05) is 60.0 Å². The predicted octanol–water partition coefficient (Wildman–Crippen LogP) is 2.71. The molecule has 0 bridgehead atoms. The molecule has 0 aliphatic carbocycles. The number of morpholine rings is 1. The van der Waals surface area contributed by atoms with Crippen molar-refractivity contribution in [1.82, 2.24) is 20.4 Å². The highest BCUT2D eigenvalue weighted by atomic mass is 127.